The van der Waals surface area contributed by atoms with Crippen LogP contribution in [0.4, 0.5) is 9.59 Å². The van der Waals surface area contributed by atoms with Gasteiger partial charge in [0.1, 0.15) is 18.9 Å². The molecule has 2 fully saturated rings. The van der Waals surface area contributed by atoms with Crippen molar-refractivity contribution < 1.29 is 14.4 Å². The molecule has 21 heavy (non-hydrogen) atoms. The van der Waals surface area contributed by atoms with Crippen LogP contribution in [0.1, 0.15) is 20.8 Å². The number of nitrogens with one attached hydrogen (secondary N) is 5. The van der Waals surface area contributed by atoms with Gasteiger partial charge in [-0.25, -0.2) is 9.59 Å². The van der Waals surface area contributed by atoms with Gasteiger partial charge in [-0.1, -0.05) is 19.9 Å². The molecule has 2 aliphatic rings. The third kappa shape index (κ3) is 3.56. The third-order valence-electron chi connectivity index (χ3n) is 3.05. The van der Waals surface area contributed by atoms with E-state index in [1.54, 1.807) is 0 Å². The van der Waals surface area contributed by atoms with E-state index in [0.717, 1.165) is 5.70 Å². The summed E-state index contributed by atoms with van der Waals surface area (Å²) in [5.74, 6) is -0.0113. The average Bonchev–Trinajstić information content (AvgIpc) is 2.84. The summed E-state index contributed by atoms with van der Waals surface area (Å²) in [7, 11) is 0. The van der Waals surface area contributed by atoms with Crippen LogP contribution in [0, 0.1) is 5.92 Å². The van der Waals surface area contributed by atoms with Gasteiger partial charge in [-0.05, 0) is 12.8 Å². The first-order valence-corrected chi connectivity index (χ1v) is 6.74. The molecule has 9 heteroatoms. The number of hydrogen-bond acceptors (Lipinski definition) is 4. The van der Waals surface area contributed by atoms with Crippen molar-refractivity contribution in [3.8, 4) is 0 Å². The zero-order valence-corrected chi connectivity index (χ0v) is 12.2. The Kier molecular flexibility index (Phi) is 4.20. The number of carbonyl (C=O) groups excluding carboxylic acids is 3. The van der Waals surface area contributed by atoms with Crippen molar-refractivity contribution in [1.29, 1.82) is 0 Å². The molecule has 0 radical (unpaired) electrons. The second-order valence-electron chi connectivity index (χ2n) is 5.38. The van der Waals surface area contributed by atoms with Crippen LogP contribution in [0.3, 0.4) is 0 Å². The molecule has 2 atom stereocenters. The number of hydrazine groups is 1. The predicted octanol–water partition coefficient (Wildman–Crippen LogP) is -0.843. The molecule has 0 aromatic carbocycles. The molecule has 0 aliphatic carbocycles. The predicted molar refractivity (Wildman–Crippen MR) is 74.4 cm³/mol. The van der Waals surface area contributed by atoms with E-state index in [4.69, 9.17) is 0 Å². The van der Waals surface area contributed by atoms with Gasteiger partial charge in [0.25, 0.3) is 5.91 Å². The highest BCUT2D eigenvalue weighted by Gasteiger charge is 2.45. The number of allylic oxidation sites excluding steroid dienone is 2. The van der Waals surface area contributed by atoms with E-state index in [9.17, 15) is 14.4 Å². The number of urea groups is 2. The molecule has 116 valence electrons. The zero-order chi connectivity index (χ0) is 15.6. The van der Waals surface area contributed by atoms with Gasteiger partial charge in [0.05, 0.1) is 0 Å². The van der Waals surface area contributed by atoms with E-state index < -0.39 is 18.4 Å². The highest BCUT2D eigenvalue weighted by molar-refractivity contribution is 5.88. The van der Waals surface area contributed by atoms with Crippen molar-refractivity contribution >= 4 is 18.0 Å². The Morgan fingerprint density at radius 2 is 2.00 bits per heavy atom. The first kappa shape index (κ1) is 14.9. The van der Waals surface area contributed by atoms with Gasteiger partial charge in [0.2, 0.25) is 0 Å². The summed E-state index contributed by atoms with van der Waals surface area (Å²) in [4.78, 5) is 36.0. The Balaban J connectivity index is 1.85. The minimum absolute atomic E-state index is 0.156. The van der Waals surface area contributed by atoms with Crippen molar-refractivity contribution in [2.75, 3.05) is 6.54 Å². The lowest BCUT2D eigenvalue weighted by Crippen LogP contribution is -2.50. The topological polar surface area (TPSA) is 115 Å². The summed E-state index contributed by atoms with van der Waals surface area (Å²) < 4.78 is 0. The maximum Gasteiger partial charge on any atom is 0.321 e. The monoisotopic (exact) mass is 296 g/mol. The van der Waals surface area contributed by atoms with Crippen LogP contribution in [-0.2, 0) is 4.79 Å². The lowest BCUT2D eigenvalue weighted by molar-refractivity contribution is -0.122. The molecule has 0 saturated carbocycles. The van der Waals surface area contributed by atoms with Crippen molar-refractivity contribution in [1.82, 2.24) is 31.7 Å². The number of rotatable bonds is 5. The normalized spacial score (nSPS) is 24.4. The van der Waals surface area contributed by atoms with Crippen LogP contribution in [0.15, 0.2) is 11.8 Å². The fourth-order valence-electron chi connectivity index (χ4n) is 2.27. The van der Waals surface area contributed by atoms with E-state index in [0.29, 0.717) is 5.92 Å². The van der Waals surface area contributed by atoms with E-state index >= 15 is 0 Å². The first-order valence-electron chi connectivity index (χ1n) is 6.74. The molecule has 2 heterocycles. The number of carbonyl (C=O) groups is 3. The Morgan fingerprint density at radius 1 is 1.29 bits per heavy atom. The zero-order valence-electron chi connectivity index (χ0n) is 12.2. The third-order valence-corrected chi connectivity index (χ3v) is 3.05. The molecule has 0 aromatic rings. The van der Waals surface area contributed by atoms with E-state index in [1.165, 1.54) is 4.90 Å². The minimum Gasteiger partial charge on any atom is -0.314 e. The van der Waals surface area contributed by atoms with Crippen LogP contribution >= 0.6 is 0 Å². The molecule has 5 N–H and O–H groups in total. The molecule has 2 rings (SSSR count). The van der Waals surface area contributed by atoms with Gasteiger partial charge in [-0.3, -0.25) is 15.1 Å². The molecular weight excluding hydrogens is 276 g/mol. The van der Waals surface area contributed by atoms with Crippen LogP contribution in [0.25, 0.3) is 0 Å². The molecular formula is C12H20N6O3. The Labute approximate surface area is 122 Å². The second-order valence-corrected chi connectivity index (χ2v) is 5.38. The van der Waals surface area contributed by atoms with Crippen LogP contribution < -0.4 is 26.8 Å². The molecule has 5 amide bonds. The highest BCUT2D eigenvalue weighted by atomic mass is 16.2. The quantitative estimate of drug-likeness (QED) is 0.425. The van der Waals surface area contributed by atoms with Crippen molar-refractivity contribution in [3.05, 3.63) is 11.8 Å². The SMILES string of the molecule is CC(=CC(C)C)NNC(=O)CN1C(=O)NC2NC(=O)NC21. The molecule has 0 aromatic heterocycles. The standard InChI is InChI=1S/C12H20N6O3/c1-6(2)4-7(3)16-17-8(19)5-18-10-9(14-12(18)21)13-11(20)15-10/h4,6,9-10,16H,5H2,1-3H3,(H,14,21)(H,17,19)(H2,13,15,20). The fourth-order valence-corrected chi connectivity index (χ4v) is 2.27. The molecule has 9 nitrogen and oxygen atoms in total. The smallest absolute Gasteiger partial charge is 0.314 e. The Hall–Kier alpha value is -2.45. The van der Waals surface area contributed by atoms with E-state index in [2.05, 4.69) is 26.8 Å². The summed E-state index contributed by atoms with van der Waals surface area (Å²) in [6, 6.07) is -0.772. The number of amides is 5. The molecule has 2 aliphatic heterocycles. The van der Waals surface area contributed by atoms with Crippen molar-refractivity contribution in [2.24, 2.45) is 5.92 Å². The number of nitrogens with zero attached hydrogens (tertiary/aromatic N) is 1. The van der Waals surface area contributed by atoms with Crippen molar-refractivity contribution in [2.45, 2.75) is 33.1 Å². The summed E-state index contributed by atoms with van der Waals surface area (Å²) in [5.41, 5.74) is 6.10. The summed E-state index contributed by atoms with van der Waals surface area (Å²) in [6.45, 7) is 5.73. The van der Waals surface area contributed by atoms with E-state index in [-0.39, 0.29) is 18.5 Å². The van der Waals surface area contributed by atoms with Gasteiger partial charge in [-0.15, -0.1) is 0 Å². The molecule has 2 saturated heterocycles. The van der Waals surface area contributed by atoms with E-state index in [1.807, 2.05) is 26.8 Å². The summed E-state index contributed by atoms with van der Waals surface area (Å²) in [6.07, 6.45) is 0.899. The van der Waals surface area contributed by atoms with Gasteiger partial charge in [0.15, 0.2) is 0 Å². The second kappa shape index (κ2) is 5.90. The minimum atomic E-state index is -0.553. The van der Waals surface area contributed by atoms with Gasteiger partial charge in [-0.2, -0.15) is 0 Å². The Bertz CT molecular complexity index is 489. The summed E-state index contributed by atoms with van der Waals surface area (Å²) >= 11 is 0. The molecule has 0 bridgehead atoms. The van der Waals surface area contributed by atoms with Crippen LogP contribution in [0.5, 0.6) is 0 Å². The lowest BCUT2D eigenvalue weighted by atomic mass is 10.2. The van der Waals surface area contributed by atoms with Gasteiger partial charge >= 0.3 is 12.1 Å². The maximum absolute atomic E-state index is 11.8. The Morgan fingerprint density at radius 3 is 2.67 bits per heavy atom. The van der Waals surface area contributed by atoms with Gasteiger partial charge < -0.3 is 21.4 Å². The van der Waals surface area contributed by atoms with Crippen LogP contribution in [-0.4, -0.2) is 41.7 Å². The average molecular weight is 296 g/mol. The van der Waals surface area contributed by atoms with Gasteiger partial charge in [0, 0.05) is 5.70 Å². The maximum atomic E-state index is 11.8. The van der Waals surface area contributed by atoms with Crippen molar-refractivity contribution in [3.63, 3.8) is 0 Å². The lowest BCUT2D eigenvalue weighted by Gasteiger charge is -2.20. The number of hydrogen-bond donors (Lipinski definition) is 5. The largest absolute Gasteiger partial charge is 0.321 e. The molecule has 2 unspecified atom stereocenters. The first-order chi connectivity index (χ1) is 9.86. The van der Waals surface area contributed by atoms with Crippen LogP contribution in [0.2, 0.25) is 0 Å². The fraction of sp³-hybridized carbons (Fsp3) is 0.583. The summed E-state index contributed by atoms with van der Waals surface area (Å²) in [5, 5.41) is 7.69. The highest BCUT2D eigenvalue weighted by Crippen LogP contribution is 2.13. The molecule has 0 spiro atoms. The number of fused-ring (bicyclic) bond motifs is 1.